The largest absolute Gasteiger partial charge is 1.00 e. The highest BCUT2D eigenvalue weighted by Crippen LogP contribution is 1.84. The third kappa shape index (κ3) is 1.92. The smallest absolute Gasteiger partial charge is 1.00 e. The zero-order valence-corrected chi connectivity index (χ0v) is 7.13. The molecule has 0 saturated carbocycles. The molecule has 0 saturated heterocycles. The monoisotopic (exact) mass is 241 g/mol. The molecule has 0 aliphatic carbocycles. The van der Waals surface area contributed by atoms with Gasteiger partial charge in [0.25, 0.3) is 0 Å². The Morgan fingerprint density at radius 1 is 1.75 bits per heavy atom. The van der Waals surface area contributed by atoms with Crippen LogP contribution >= 0.6 is 15.9 Å². The van der Waals surface area contributed by atoms with Crippen molar-refractivity contribution < 1.29 is 18.4 Å². The van der Waals surface area contributed by atoms with Crippen molar-refractivity contribution in [3.05, 3.63) is 12.7 Å². The van der Waals surface area contributed by atoms with E-state index in [4.69, 9.17) is 0 Å². The number of aromatic nitrogens is 3. The van der Waals surface area contributed by atoms with Gasteiger partial charge in [0.05, 0.1) is 5.45 Å². The van der Waals surface area contributed by atoms with Gasteiger partial charge in [-0.25, -0.2) is 9.67 Å². The zero-order chi connectivity index (χ0) is 5.11. The van der Waals surface area contributed by atoms with Crippen LogP contribution in [0.5, 0.6) is 0 Å². The fourth-order valence-corrected chi connectivity index (χ4v) is 0.553. The molecule has 0 amide bonds. The summed E-state index contributed by atoms with van der Waals surface area (Å²) in [5.74, 6) is 0. The van der Waals surface area contributed by atoms with Gasteiger partial charge in [-0.3, -0.25) is 0 Å². The van der Waals surface area contributed by atoms with Gasteiger partial charge in [0.2, 0.25) is 0 Å². The molecule has 8 heavy (non-hydrogen) atoms. The molecule has 0 N–H and O–H groups in total. The Morgan fingerprint density at radius 2 is 2.50 bits per heavy atom. The molecule has 46 valence electrons. The summed E-state index contributed by atoms with van der Waals surface area (Å²) in [5.41, 5.74) is 0.715. The topological polar surface area (TPSA) is 30.7 Å². The van der Waals surface area contributed by atoms with E-state index in [0.29, 0.717) is 5.45 Å². The lowest BCUT2D eigenvalue weighted by Crippen LogP contribution is -3.00. The van der Waals surface area contributed by atoms with Gasteiger partial charge in [-0.2, -0.15) is 5.10 Å². The molecular formula is C3H5Br2N3. The Morgan fingerprint density at radius 3 is 2.75 bits per heavy atom. The van der Waals surface area contributed by atoms with Crippen molar-refractivity contribution in [1.82, 2.24) is 14.8 Å². The van der Waals surface area contributed by atoms with Gasteiger partial charge in [0.1, 0.15) is 12.7 Å². The molecule has 1 rings (SSSR count). The van der Waals surface area contributed by atoms with Crippen LogP contribution in [0.3, 0.4) is 0 Å². The molecule has 0 atom stereocenters. The number of rotatable bonds is 1. The molecule has 0 fully saturated rings. The Bertz CT molecular complexity index is 132. The molecule has 0 radical (unpaired) electrons. The third-order valence-corrected chi connectivity index (χ3v) is 1.10. The van der Waals surface area contributed by atoms with Crippen molar-refractivity contribution in [2.45, 2.75) is 5.45 Å². The molecule has 0 aliphatic rings. The van der Waals surface area contributed by atoms with E-state index in [0.717, 1.165) is 0 Å². The second kappa shape index (κ2) is 4.03. The van der Waals surface area contributed by atoms with Crippen molar-refractivity contribution in [3.63, 3.8) is 0 Å². The number of hydrogen-bond donors (Lipinski definition) is 0. The van der Waals surface area contributed by atoms with Crippen molar-refractivity contribution in [3.8, 4) is 0 Å². The van der Waals surface area contributed by atoms with E-state index in [1.165, 1.54) is 6.33 Å². The zero-order valence-electron chi connectivity index (χ0n) is 4.96. The van der Waals surface area contributed by atoms with Crippen molar-refractivity contribution >= 4 is 15.9 Å². The molecular weight excluding hydrogens is 238 g/mol. The highest BCUT2D eigenvalue weighted by Gasteiger charge is 1.79. The fourth-order valence-electron chi connectivity index (χ4n) is 0.294. The Labute approximate surface area is 67.5 Å². The van der Waals surface area contributed by atoms with Crippen LogP contribution in [0.25, 0.3) is 0 Å². The van der Waals surface area contributed by atoms with E-state index >= 15 is 0 Å². The molecule has 0 aliphatic heterocycles. The highest BCUT2D eigenvalue weighted by molar-refractivity contribution is 9.08. The van der Waals surface area contributed by atoms with Gasteiger partial charge >= 0.3 is 1.43 Å². The summed E-state index contributed by atoms with van der Waals surface area (Å²) in [6, 6.07) is 0. The van der Waals surface area contributed by atoms with Crippen LogP contribution in [-0.2, 0) is 5.45 Å². The van der Waals surface area contributed by atoms with Gasteiger partial charge in [-0.15, -0.1) is 0 Å². The molecule has 0 aromatic carbocycles. The molecule has 1 aromatic rings. The van der Waals surface area contributed by atoms with Gasteiger partial charge in [0.15, 0.2) is 0 Å². The predicted molar refractivity (Wildman–Crippen MR) is 30.1 cm³/mol. The summed E-state index contributed by atoms with van der Waals surface area (Å²) >= 11 is 3.20. The van der Waals surface area contributed by atoms with Gasteiger partial charge in [0, 0.05) is 0 Å². The minimum Gasteiger partial charge on any atom is -1.00 e. The molecule has 1 aromatic heterocycles. The van der Waals surface area contributed by atoms with Crippen LogP contribution in [0.1, 0.15) is 1.43 Å². The summed E-state index contributed by atoms with van der Waals surface area (Å²) in [5, 5.41) is 3.79. The van der Waals surface area contributed by atoms with Gasteiger partial charge in [-0.05, 0) is 0 Å². The van der Waals surface area contributed by atoms with E-state index in [1.807, 2.05) is 0 Å². The van der Waals surface area contributed by atoms with Crippen LogP contribution < -0.4 is 17.0 Å². The maximum atomic E-state index is 3.79. The van der Waals surface area contributed by atoms with E-state index in [2.05, 4.69) is 26.0 Å². The normalized spacial score (nSPS) is 8.12. The maximum Gasteiger partial charge on any atom is 1.00 e. The Balaban J connectivity index is 0. The van der Waals surface area contributed by atoms with E-state index < -0.39 is 0 Å². The van der Waals surface area contributed by atoms with Gasteiger partial charge < -0.3 is 17.0 Å². The van der Waals surface area contributed by atoms with Crippen molar-refractivity contribution in [2.24, 2.45) is 0 Å². The average Bonchev–Trinajstić information content (AvgIpc) is 2.14. The molecule has 3 nitrogen and oxygen atoms in total. The van der Waals surface area contributed by atoms with Crippen LogP contribution in [0, 0.1) is 0 Å². The van der Waals surface area contributed by atoms with Crippen LogP contribution in [-0.4, -0.2) is 14.8 Å². The Kier molecular flexibility index (Phi) is 4.08. The second-order valence-corrected chi connectivity index (χ2v) is 1.56. The van der Waals surface area contributed by atoms with Crippen molar-refractivity contribution in [1.29, 1.82) is 0 Å². The molecule has 0 bridgehead atoms. The summed E-state index contributed by atoms with van der Waals surface area (Å²) in [4.78, 5) is 3.71. The third-order valence-electron chi connectivity index (χ3n) is 0.589. The first kappa shape index (κ1) is 8.10. The van der Waals surface area contributed by atoms with Crippen LogP contribution in [0.4, 0.5) is 0 Å². The maximum absolute atomic E-state index is 3.79. The lowest BCUT2D eigenvalue weighted by molar-refractivity contribution is -0.00000153. The molecule has 5 heteroatoms. The van der Waals surface area contributed by atoms with Crippen molar-refractivity contribution in [2.75, 3.05) is 0 Å². The lowest BCUT2D eigenvalue weighted by Gasteiger charge is -1.83. The molecule has 0 unspecified atom stereocenters. The lowest BCUT2D eigenvalue weighted by atomic mass is 11.2. The number of alkyl halides is 1. The molecule has 1 heterocycles. The van der Waals surface area contributed by atoms with E-state index in [-0.39, 0.29) is 18.4 Å². The average molecular weight is 243 g/mol. The van der Waals surface area contributed by atoms with E-state index in [9.17, 15) is 0 Å². The first-order valence-electron chi connectivity index (χ1n) is 1.82. The summed E-state index contributed by atoms with van der Waals surface area (Å²) in [6.45, 7) is 0. The number of nitrogens with zero attached hydrogens (tertiary/aromatic N) is 3. The van der Waals surface area contributed by atoms with E-state index in [1.54, 1.807) is 11.0 Å². The quantitative estimate of drug-likeness (QED) is 0.521. The minimum absolute atomic E-state index is 0. The second-order valence-electron chi connectivity index (χ2n) is 1.05. The summed E-state index contributed by atoms with van der Waals surface area (Å²) in [6.07, 6.45) is 3.15. The van der Waals surface area contributed by atoms with Crippen LogP contribution in [0.15, 0.2) is 12.7 Å². The highest BCUT2D eigenvalue weighted by atomic mass is 79.9. The first-order chi connectivity index (χ1) is 3.43. The summed E-state index contributed by atoms with van der Waals surface area (Å²) < 4.78 is 1.68. The number of hydrogen-bond acceptors (Lipinski definition) is 2. The number of halogens is 2. The van der Waals surface area contributed by atoms with Crippen LogP contribution in [0.2, 0.25) is 0 Å². The fraction of sp³-hybridized carbons (Fsp3) is 0.333. The predicted octanol–water partition coefficient (Wildman–Crippen LogP) is -2.25. The summed E-state index contributed by atoms with van der Waals surface area (Å²) in [7, 11) is 0. The first-order valence-corrected chi connectivity index (χ1v) is 2.94. The minimum atomic E-state index is 0. The standard InChI is InChI=1S/C3H4BrN3.BrH/c4-1-7-3-5-2-6-7;/h2-3H,1H2;1H. The Hall–Kier alpha value is 0.1000. The molecule has 0 spiro atoms. The van der Waals surface area contributed by atoms with Gasteiger partial charge in [-0.1, -0.05) is 15.9 Å². The SMILES string of the molecule is BrCn1cncn1.[Br-].[H+].